The first-order valence-corrected chi connectivity index (χ1v) is 14.4. The van der Waals surface area contributed by atoms with Gasteiger partial charge in [-0.25, -0.2) is 14.6 Å². The highest BCUT2D eigenvalue weighted by Gasteiger charge is 2.29. The van der Waals surface area contributed by atoms with Crippen molar-refractivity contribution < 1.29 is 19.4 Å². The van der Waals surface area contributed by atoms with E-state index in [9.17, 15) is 14.7 Å². The molecule has 2 amide bonds. The highest BCUT2D eigenvalue weighted by molar-refractivity contribution is 5.82. The molecule has 0 bridgehead atoms. The van der Waals surface area contributed by atoms with E-state index in [0.29, 0.717) is 32.7 Å². The van der Waals surface area contributed by atoms with Crippen molar-refractivity contribution in [1.29, 1.82) is 0 Å². The molecule has 2 atom stereocenters. The Kier molecular flexibility index (Phi) is 10.8. The molecule has 3 heterocycles. The smallest absolute Gasteiger partial charge is 0.326 e. The number of aryl methyl sites for hydroxylation is 2. The zero-order valence-corrected chi connectivity index (χ0v) is 23.1. The molecule has 1 aromatic heterocycles. The fourth-order valence-corrected chi connectivity index (χ4v) is 5.33. The predicted octanol–water partition coefficient (Wildman–Crippen LogP) is 4.18. The van der Waals surface area contributed by atoms with E-state index in [1.807, 2.05) is 37.3 Å². The molecular weight excluding hydrogens is 494 g/mol. The maximum atomic E-state index is 12.7. The molecule has 0 spiro atoms. The molecule has 3 N–H and O–H groups in total. The number of pyridine rings is 1. The Morgan fingerprint density at radius 3 is 2.77 bits per heavy atom. The van der Waals surface area contributed by atoms with Crippen LogP contribution in [0.5, 0.6) is 5.75 Å². The number of fused-ring (bicyclic) bond motifs is 1. The van der Waals surface area contributed by atoms with Crippen molar-refractivity contribution in [3.63, 3.8) is 0 Å². The number of hydrogen-bond donors (Lipinski definition) is 3. The number of rotatable bonds is 14. The Bertz CT molecular complexity index is 1070. The number of carboxylic acids is 1. The number of likely N-dealkylation sites (tertiary alicyclic amines) is 1. The number of para-hydroxylation sites is 1. The van der Waals surface area contributed by atoms with Gasteiger partial charge >= 0.3 is 12.0 Å². The Morgan fingerprint density at radius 1 is 1.15 bits per heavy atom. The van der Waals surface area contributed by atoms with Crippen molar-refractivity contribution in [3.8, 4) is 5.75 Å². The molecule has 1 saturated heterocycles. The number of carbonyl (C=O) groups is 2. The molecule has 2 aliphatic rings. The average molecular weight is 538 g/mol. The number of nitrogens with zero attached hydrogens (tertiary/aromatic N) is 3. The van der Waals surface area contributed by atoms with Crippen LogP contribution in [0, 0.1) is 0 Å². The Morgan fingerprint density at radius 2 is 2.00 bits per heavy atom. The van der Waals surface area contributed by atoms with Crippen molar-refractivity contribution in [2.45, 2.75) is 70.4 Å². The SMILES string of the molecule is CC1CCCN1C(=O)NC(CCN(CCCCc1ccc2c(n1)NCCC2)CCOc1ccccc1)C(=O)O. The number of ether oxygens (including phenoxy) is 1. The van der Waals surface area contributed by atoms with E-state index in [0.717, 1.165) is 75.3 Å². The van der Waals surface area contributed by atoms with Gasteiger partial charge in [0.25, 0.3) is 0 Å². The van der Waals surface area contributed by atoms with Crippen LogP contribution in [0.15, 0.2) is 42.5 Å². The van der Waals surface area contributed by atoms with Crippen LogP contribution in [-0.4, -0.2) is 83.3 Å². The van der Waals surface area contributed by atoms with Crippen LogP contribution < -0.4 is 15.4 Å². The summed E-state index contributed by atoms with van der Waals surface area (Å²) < 4.78 is 5.91. The zero-order valence-electron chi connectivity index (χ0n) is 23.1. The molecular formula is C30H43N5O4. The predicted molar refractivity (Wildman–Crippen MR) is 152 cm³/mol. The van der Waals surface area contributed by atoms with E-state index in [1.54, 1.807) is 4.90 Å². The zero-order chi connectivity index (χ0) is 27.5. The fourth-order valence-electron chi connectivity index (χ4n) is 5.33. The Labute approximate surface area is 231 Å². The monoisotopic (exact) mass is 537 g/mol. The lowest BCUT2D eigenvalue weighted by Crippen LogP contribution is -2.50. The fraction of sp³-hybridized carbons (Fsp3) is 0.567. The number of aromatic nitrogens is 1. The van der Waals surface area contributed by atoms with Crippen LogP contribution in [0.25, 0.3) is 0 Å². The summed E-state index contributed by atoms with van der Waals surface area (Å²) in [4.78, 5) is 33.4. The first kappa shape index (κ1) is 28.7. The molecule has 4 rings (SSSR count). The summed E-state index contributed by atoms with van der Waals surface area (Å²) in [5.41, 5.74) is 2.40. The quantitative estimate of drug-likeness (QED) is 0.310. The van der Waals surface area contributed by atoms with Gasteiger partial charge in [-0.1, -0.05) is 24.3 Å². The number of unbranched alkanes of at least 4 members (excludes halogenated alkanes) is 1. The summed E-state index contributed by atoms with van der Waals surface area (Å²) in [5, 5.41) is 16.0. The van der Waals surface area contributed by atoms with Gasteiger partial charge in [0.1, 0.15) is 24.2 Å². The van der Waals surface area contributed by atoms with E-state index in [1.165, 1.54) is 5.56 Å². The number of hydrogen-bond acceptors (Lipinski definition) is 6. The number of carboxylic acid groups (broad SMARTS) is 1. The first-order valence-electron chi connectivity index (χ1n) is 14.4. The van der Waals surface area contributed by atoms with Crippen molar-refractivity contribution in [1.82, 2.24) is 20.1 Å². The van der Waals surface area contributed by atoms with Gasteiger partial charge in [0.15, 0.2) is 0 Å². The first-order chi connectivity index (χ1) is 19.0. The van der Waals surface area contributed by atoms with Gasteiger partial charge in [-0.05, 0) is 88.6 Å². The third-order valence-electron chi connectivity index (χ3n) is 7.67. The van der Waals surface area contributed by atoms with Crippen molar-refractivity contribution in [3.05, 3.63) is 53.7 Å². The van der Waals surface area contributed by atoms with Crippen LogP contribution in [-0.2, 0) is 17.6 Å². The molecule has 1 fully saturated rings. The average Bonchev–Trinajstić information content (AvgIpc) is 3.39. The van der Waals surface area contributed by atoms with E-state index in [4.69, 9.17) is 9.72 Å². The molecule has 2 aliphatic heterocycles. The summed E-state index contributed by atoms with van der Waals surface area (Å²) in [6, 6.07) is 13.0. The molecule has 0 radical (unpaired) electrons. The second kappa shape index (κ2) is 14.7. The van der Waals surface area contributed by atoms with E-state index in [-0.39, 0.29) is 12.1 Å². The molecule has 212 valence electrons. The molecule has 1 aromatic carbocycles. The van der Waals surface area contributed by atoms with Gasteiger partial charge in [0.05, 0.1) is 0 Å². The van der Waals surface area contributed by atoms with Crippen LogP contribution >= 0.6 is 0 Å². The van der Waals surface area contributed by atoms with Crippen LogP contribution in [0.2, 0.25) is 0 Å². The van der Waals surface area contributed by atoms with E-state index < -0.39 is 12.0 Å². The van der Waals surface area contributed by atoms with Crippen LogP contribution in [0.3, 0.4) is 0 Å². The molecule has 9 nitrogen and oxygen atoms in total. The van der Waals surface area contributed by atoms with Crippen molar-refractivity contribution in [2.75, 3.05) is 44.6 Å². The van der Waals surface area contributed by atoms with Gasteiger partial charge in [0, 0.05) is 37.9 Å². The number of amides is 2. The molecule has 2 unspecified atom stereocenters. The second-order valence-corrected chi connectivity index (χ2v) is 10.6. The number of urea groups is 1. The van der Waals surface area contributed by atoms with Gasteiger partial charge < -0.3 is 25.4 Å². The van der Waals surface area contributed by atoms with Crippen molar-refractivity contribution >= 4 is 17.8 Å². The topological polar surface area (TPSA) is 107 Å². The number of aliphatic carboxylic acids is 1. The summed E-state index contributed by atoms with van der Waals surface area (Å²) >= 11 is 0. The maximum absolute atomic E-state index is 12.7. The van der Waals surface area contributed by atoms with E-state index >= 15 is 0 Å². The summed E-state index contributed by atoms with van der Waals surface area (Å²) in [5.74, 6) is 0.853. The minimum absolute atomic E-state index is 0.145. The van der Waals surface area contributed by atoms with E-state index in [2.05, 4.69) is 27.7 Å². The highest BCUT2D eigenvalue weighted by Crippen LogP contribution is 2.20. The second-order valence-electron chi connectivity index (χ2n) is 10.6. The highest BCUT2D eigenvalue weighted by atomic mass is 16.5. The lowest BCUT2D eigenvalue weighted by molar-refractivity contribution is -0.139. The Balaban J connectivity index is 1.28. The minimum Gasteiger partial charge on any atom is -0.492 e. The summed E-state index contributed by atoms with van der Waals surface area (Å²) in [6.45, 7) is 6.25. The third kappa shape index (κ3) is 8.85. The normalized spacial score (nSPS) is 17.4. The number of nitrogens with one attached hydrogen (secondary N) is 2. The van der Waals surface area contributed by atoms with Gasteiger partial charge in [-0.2, -0.15) is 0 Å². The molecule has 2 aromatic rings. The minimum atomic E-state index is -0.997. The largest absolute Gasteiger partial charge is 0.492 e. The summed E-state index contributed by atoms with van der Waals surface area (Å²) in [7, 11) is 0. The maximum Gasteiger partial charge on any atom is 0.326 e. The van der Waals surface area contributed by atoms with Gasteiger partial charge in [-0.15, -0.1) is 0 Å². The molecule has 9 heteroatoms. The molecule has 0 saturated carbocycles. The Hall–Kier alpha value is -3.33. The number of carbonyl (C=O) groups excluding carboxylic acids is 1. The van der Waals surface area contributed by atoms with Gasteiger partial charge in [-0.3, -0.25) is 4.90 Å². The molecule has 0 aliphatic carbocycles. The van der Waals surface area contributed by atoms with Crippen LogP contribution in [0.4, 0.5) is 10.6 Å². The van der Waals surface area contributed by atoms with Crippen molar-refractivity contribution in [2.24, 2.45) is 0 Å². The third-order valence-corrected chi connectivity index (χ3v) is 7.67. The van der Waals surface area contributed by atoms with Crippen LogP contribution in [0.1, 0.15) is 56.7 Å². The number of benzene rings is 1. The molecule has 39 heavy (non-hydrogen) atoms. The lowest BCUT2D eigenvalue weighted by Gasteiger charge is -2.27. The summed E-state index contributed by atoms with van der Waals surface area (Å²) in [6.07, 6.45) is 7.36. The van der Waals surface area contributed by atoms with Gasteiger partial charge in [0.2, 0.25) is 0 Å². The number of anilines is 1. The standard InChI is InChI=1S/C30H43N5O4/c1-23-9-8-19-35(23)30(38)33-27(29(36)37)16-20-34(21-22-39-26-12-3-2-4-13-26)18-6-5-11-25-15-14-24-10-7-17-31-28(24)32-25/h2-4,12-15,23,27H,5-11,16-22H2,1H3,(H,31,32)(H,33,38)(H,36,37). The lowest BCUT2D eigenvalue weighted by atomic mass is 10.1.